The van der Waals surface area contributed by atoms with Crippen molar-refractivity contribution in [2.75, 3.05) is 13.1 Å². The van der Waals surface area contributed by atoms with Gasteiger partial charge in [-0.3, -0.25) is 4.90 Å². The van der Waals surface area contributed by atoms with Crippen molar-refractivity contribution in [3.63, 3.8) is 0 Å². The third kappa shape index (κ3) is 15.1. The van der Waals surface area contributed by atoms with Gasteiger partial charge >= 0.3 is 0 Å². The van der Waals surface area contributed by atoms with Gasteiger partial charge in [-0.1, -0.05) is 111 Å². The maximum atomic E-state index is 2.84. The molecular formula is C25H53N. The van der Waals surface area contributed by atoms with E-state index in [-0.39, 0.29) is 0 Å². The lowest BCUT2D eigenvalue weighted by Gasteiger charge is -2.39. The van der Waals surface area contributed by atoms with Gasteiger partial charge in [-0.15, -0.1) is 0 Å². The molecule has 0 heterocycles. The highest BCUT2D eigenvalue weighted by atomic mass is 15.2. The van der Waals surface area contributed by atoms with Crippen molar-refractivity contribution in [1.82, 2.24) is 4.90 Å². The fraction of sp³-hybridized carbons (Fsp3) is 1.00. The van der Waals surface area contributed by atoms with Crippen LogP contribution in [-0.2, 0) is 0 Å². The van der Waals surface area contributed by atoms with Crippen LogP contribution < -0.4 is 0 Å². The lowest BCUT2D eigenvalue weighted by atomic mass is 9.93. The van der Waals surface area contributed by atoms with Crippen molar-refractivity contribution < 1.29 is 0 Å². The van der Waals surface area contributed by atoms with Crippen LogP contribution in [-0.4, -0.2) is 23.5 Å². The van der Waals surface area contributed by atoms with Gasteiger partial charge in [0.05, 0.1) is 0 Å². The minimum Gasteiger partial charge on any atom is -0.298 e. The molecule has 0 atom stereocenters. The maximum Gasteiger partial charge on any atom is 0.0153 e. The summed E-state index contributed by atoms with van der Waals surface area (Å²) in [7, 11) is 0. The Labute approximate surface area is 167 Å². The molecule has 0 aliphatic carbocycles. The van der Waals surface area contributed by atoms with Gasteiger partial charge in [-0.05, 0) is 46.2 Å². The molecule has 0 saturated heterocycles. The highest BCUT2D eigenvalue weighted by Gasteiger charge is 2.25. The minimum absolute atomic E-state index is 0.389. The minimum atomic E-state index is 0.389. The smallest absolute Gasteiger partial charge is 0.0153 e. The summed E-state index contributed by atoms with van der Waals surface area (Å²) < 4.78 is 0. The van der Waals surface area contributed by atoms with E-state index in [2.05, 4.69) is 39.5 Å². The van der Waals surface area contributed by atoms with Crippen LogP contribution in [0.15, 0.2) is 0 Å². The molecule has 0 aliphatic heterocycles. The molecule has 0 radical (unpaired) electrons. The molecule has 0 saturated carbocycles. The third-order valence-electron chi connectivity index (χ3n) is 6.06. The summed E-state index contributed by atoms with van der Waals surface area (Å²) in [6.07, 6.45) is 23.9. The van der Waals surface area contributed by atoms with Gasteiger partial charge in [0.25, 0.3) is 0 Å². The van der Waals surface area contributed by atoms with Gasteiger partial charge in [0.1, 0.15) is 0 Å². The largest absolute Gasteiger partial charge is 0.298 e. The summed E-state index contributed by atoms with van der Waals surface area (Å²) >= 11 is 0. The van der Waals surface area contributed by atoms with Gasteiger partial charge in [-0.25, -0.2) is 0 Å². The molecule has 0 fully saturated rings. The van der Waals surface area contributed by atoms with Crippen molar-refractivity contribution in [1.29, 1.82) is 0 Å². The molecule has 0 N–H and O–H groups in total. The van der Waals surface area contributed by atoms with Crippen LogP contribution in [0.3, 0.4) is 0 Å². The molecule has 0 bridgehead atoms. The van der Waals surface area contributed by atoms with E-state index in [1.54, 1.807) is 0 Å². The second-order valence-electron chi connectivity index (χ2n) is 9.15. The molecule has 26 heavy (non-hydrogen) atoms. The molecule has 0 aromatic rings. The van der Waals surface area contributed by atoms with Crippen LogP contribution in [0, 0.1) is 0 Å². The maximum absolute atomic E-state index is 2.84. The van der Waals surface area contributed by atoms with Crippen LogP contribution in [0.25, 0.3) is 0 Å². The molecular weight excluding hydrogens is 314 g/mol. The van der Waals surface area contributed by atoms with Crippen LogP contribution >= 0.6 is 0 Å². The molecule has 1 nitrogen and oxygen atoms in total. The van der Waals surface area contributed by atoms with Crippen molar-refractivity contribution in [2.45, 2.75) is 149 Å². The Morgan fingerprint density at radius 1 is 0.462 bits per heavy atom. The molecule has 1 heteroatoms. The van der Waals surface area contributed by atoms with Crippen LogP contribution in [0.2, 0.25) is 0 Å². The molecule has 0 aliphatic rings. The quantitative estimate of drug-likeness (QED) is 0.194. The van der Waals surface area contributed by atoms with Gasteiger partial charge in [0, 0.05) is 5.54 Å². The van der Waals surface area contributed by atoms with E-state index in [4.69, 9.17) is 0 Å². The Bertz CT molecular complexity index is 257. The highest BCUT2D eigenvalue weighted by Crippen LogP contribution is 2.24. The van der Waals surface area contributed by atoms with E-state index >= 15 is 0 Å². The average Bonchev–Trinajstić information content (AvgIpc) is 2.62. The SMILES string of the molecule is CCCCCCCCC(C)(C)N(CCCCCCC)CCCCCCC. The number of hydrogen-bond donors (Lipinski definition) is 0. The van der Waals surface area contributed by atoms with Crippen LogP contribution in [0.4, 0.5) is 0 Å². The third-order valence-corrected chi connectivity index (χ3v) is 6.06. The lowest BCUT2D eigenvalue weighted by molar-refractivity contribution is 0.102. The Morgan fingerprint density at radius 2 is 0.808 bits per heavy atom. The molecule has 0 unspecified atom stereocenters. The molecule has 0 amide bonds. The Morgan fingerprint density at radius 3 is 1.23 bits per heavy atom. The van der Waals surface area contributed by atoms with E-state index in [0.29, 0.717) is 5.54 Å². The second-order valence-corrected chi connectivity index (χ2v) is 9.15. The van der Waals surface area contributed by atoms with Crippen molar-refractivity contribution in [3.8, 4) is 0 Å². The van der Waals surface area contributed by atoms with Gasteiger partial charge in [0.15, 0.2) is 0 Å². The summed E-state index contributed by atoms with van der Waals surface area (Å²) in [5.41, 5.74) is 0.389. The van der Waals surface area contributed by atoms with Crippen molar-refractivity contribution in [3.05, 3.63) is 0 Å². The predicted molar refractivity (Wildman–Crippen MR) is 121 cm³/mol. The van der Waals surface area contributed by atoms with E-state index in [1.165, 1.54) is 122 Å². The Hall–Kier alpha value is -0.0400. The van der Waals surface area contributed by atoms with Gasteiger partial charge in [-0.2, -0.15) is 0 Å². The number of nitrogens with zero attached hydrogens (tertiary/aromatic N) is 1. The van der Waals surface area contributed by atoms with Crippen molar-refractivity contribution in [2.24, 2.45) is 0 Å². The zero-order valence-electron chi connectivity index (χ0n) is 19.4. The summed E-state index contributed by atoms with van der Waals surface area (Å²) in [6, 6.07) is 0. The second kappa shape index (κ2) is 18.3. The zero-order valence-corrected chi connectivity index (χ0v) is 19.4. The molecule has 0 aromatic heterocycles. The topological polar surface area (TPSA) is 3.24 Å². The first-order valence-corrected chi connectivity index (χ1v) is 12.3. The average molecular weight is 368 g/mol. The molecule has 0 spiro atoms. The Balaban J connectivity index is 4.23. The van der Waals surface area contributed by atoms with Crippen molar-refractivity contribution >= 4 is 0 Å². The number of unbranched alkanes of at least 4 members (excludes halogenated alkanes) is 13. The fourth-order valence-corrected chi connectivity index (χ4v) is 4.03. The zero-order chi connectivity index (χ0) is 19.5. The van der Waals surface area contributed by atoms with Crippen LogP contribution in [0.5, 0.6) is 0 Å². The first-order valence-electron chi connectivity index (χ1n) is 12.3. The van der Waals surface area contributed by atoms with Gasteiger partial charge < -0.3 is 0 Å². The number of hydrogen-bond acceptors (Lipinski definition) is 1. The first-order chi connectivity index (χ1) is 12.6. The van der Waals surface area contributed by atoms with E-state index in [1.807, 2.05) is 0 Å². The van der Waals surface area contributed by atoms with E-state index in [0.717, 1.165) is 0 Å². The molecule has 0 aromatic carbocycles. The molecule has 0 rings (SSSR count). The van der Waals surface area contributed by atoms with Gasteiger partial charge in [0.2, 0.25) is 0 Å². The first kappa shape index (κ1) is 26.0. The Kier molecular flexibility index (Phi) is 18.3. The van der Waals surface area contributed by atoms with Crippen LogP contribution in [0.1, 0.15) is 144 Å². The standard InChI is InChI=1S/C25H53N/c1-6-9-12-15-16-19-22-25(4,5)26(23-20-17-13-10-7-2)24-21-18-14-11-8-3/h6-24H2,1-5H3. The highest BCUT2D eigenvalue weighted by molar-refractivity contribution is 4.81. The fourth-order valence-electron chi connectivity index (χ4n) is 4.03. The predicted octanol–water partition coefficient (Wildman–Crippen LogP) is 8.76. The number of rotatable bonds is 20. The summed E-state index contributed by atoms with van der Waals surface area (Å²) in [5, 5.41) is 0. The normalized spacial score (nSPS) is 12.2. The lowest BCUT2D eigenvalue weighted by Crippen LogP contribution is -2.45. The molecule has 158 valence electrons. The van der Waals surface area contributed by atoms with E-state index in [9.17, 15) is 0 Å². The van der Waals surface area contributed by atoms with E-state index < -0.39 is 0 Å². The summed E-state index contributed by atoms with van der Waals surface area (Å²) in [4.78, 5) is 2.84. The summed E-state index contributed by atoms with van der Waals surface area (Å²) in [6.45, 7) is 14.6. The summed E-state index contributed by atoms with van der Waals surface area (Å²) in [5.74, 6) is 0. The monoisotopic (exact) mass is 367 g/mol.